The summed E-state index contributed by atoms with van der Waals surface area (Å²) in [4.78, 5) is 26.2. The monoisotopic (exact) mass is 578 g/mol. The highest BCUT2D eigenvalue weighted by molar-refractivity contribution is 6.06. The van der Waals surface area contributed by atoms with E-state index in [1.165, 1.54) is 31.0 Å². The summed E-state index contributed by atoms with van der Waals surface area (Å²) in [5.41, 5.74) is 2.47. The third-order valence-corrected chi connectivity index (χ3v) is 7.14. The molecule has 4 aromatic rings. The number of ether oxygens (including phenoxy) is 1. The molecule has 1 aliphatic carbocycles. The Morgan fingerprint density at radius 1 is 1.00 bits per heavy atom. The fraction of sp³-hybridized carbons (Fsp3) is 0.310. The van der Waals surface area contributed by atoms with Crippen molar-refractivity contribution in [2.45, 2.75) is 31.7 Å². The summed E-state index contributed by atoms with van der Waals surface area (Å²) in [6.07, 6.45) is -0.736. The number of H-pyrrole nitrogens is 1. The Morgan fingerprint density at radius 2 is 1.76 bits per heavy atom. The maximum absolute atomic E-state index is 12.7. The van der Waals surface area contributed by atoms with Gasteiger partial charge in [-0.3, -0.25) is 14.8 Å². The van der Waals surface area contributed by atoms with Crippen molar-refractivity contribution in [1.29, 1.82) is 0 Å². The van der Waals surface area contributed by atoms with Crippen LogP contribution in [0.1, 0.15) is 40.4 Å². The van der Waals surface area contributed by atoms with Crippen molar-refractivity contribution in [3.63, 3.8) is 0 Å². The molecule has 0 spiro atoms. The van der Waals surface area contributed by atoms with Gasteiger partial charge < -0.3 is 20.3 Å². The second kappa shape index (κ2) is 11.7. The van der Waals surface area contributed by atoms with Crippen LogP contribution >= 0.6 is 0 Å². The standard InChI is InChI=1S/C29H29F3N8O2/c30-29(31,32)42-24-4-2-1-3-22(24)27(41)34-21-9-5-19(6-10-21)18-39-13-15-40(16-14-39)28-33-12-11-25(36-28)35-26-17-23(37-38-26)20-7-8-20/h1-6,9-12,17,20H,7-8,13-16,18H2,(H,34,41)(H2,33,35,36,37,38). The molecule has 2 aliphatic rings. The molecule has 6 rings (SSSR count). The van der Waals surface area contributed by atoms with E-state index in [0.29, 0.717) is 23.4 Å². The number of benzene rings is 2. The van der Waals surface area contributed by atoms with Crippen LogP contribution in [-0.4, -0.2) is 63.5 Å². The number of para-hydroxylation sites is 1. The number of anilines is 4. The average Bonchev–Trinajstić information content (AvgIpc) is 3.72. The van der Waals surface area contributed by atoms with Crippen LogP contribution in [0.5, 0.6) is 5.75 Å². The smallest absolute Gasteiger partial charge is 0.405 e. The number of nitrogens with zero attached hydrogens (tertiary/aromatic N) is 5. The summed E-state index contributed by atoms with van der Waals surface area (Å²) in [5.74, 6) is 1.47. The second-order valence-electron chi connectivity index (χ2n) is 10.3. The van der Waals surface area contributed by atoms with Crippen molar-refractivity contribution < 1.29 is 22.7 Å². The van der Waals surface area contributed by atoms with Gasteiger partial charge in [0.2, 0.25) is 5.95 Å². The van der Waals surface area contributed by atoms with Crippen molar-refractivity contribution in [3.05, 3.63) is 83.7 Å². The number of aromatic nitrogens is 4. The molecule has 2 aromatic heterocycles. The molecule has 1 aliphatic heterocycles. The van der Waals surface area contributed by atoms with Gasteiger partial charge in [0.15, 0.2) is 5.82 Å². The number of aromatic amines is 1. The summed E-state index contributed by atoms with van der Waals surface area (Å²) in [6, 6.07) is 16.3. The molecule has 0 atom stereocenters. The van der Waals surface area contributed by atoms with Crippen LogP contribution in [0.4, 0.5) is 36.4 Å². The predicted octanol–water partition coefficient (Wildman–Crippen LogP) is 5.29. The molecular formula is C29H29F3N8O2. The SMILES string of the molecule is O=C(Nc1ccc(CN2CCN(c3nccc(Nc4cc(C5CC5)[nH]n4)n3)CC2)cc1)c1ccccc1OC(F)(F)F. The first-order valence-corrected chi connectivity index (χ1v) is 13.7. The van der Waals surface area contributed by atoms with Crippen molar-refractivity contribution >= 4 is 29.2 Å². The van der Waals surface area contributed by atoms with Crippen molar-refractivity contribution in [2.24, 2.45) is 0 Å². The van der Waals surface area contributed by atoms with Crippen LogP contribution in [0.25, 0.3) is 0 Å². The minimum absolute atomic E-state index is 0.203. The zero-order valence-electron chi connectivity index (χ0n) is 22.6. The lowest BCUT2D eigenvalue weighted by molar-refractivity contribution is -0.274. The molecule has 0 bridgehead atoms. The van der Waals surface area contributed by atoms with E-state index in [4.69, 9.17) is 0 Å². The van der Waals surface area contributed by atoms with E-state index in [1.54, 1.807) is 18.3 Å². The third-order valence-electron chi connectivity index (χ3n) is 7.14. The summed E-state index contributed by atoms with van der Waals surface area (Å²) in [6.45, 7) is 3.89. The molecule has 2 fully saturated rings. The quantitative estimate of drug-likeness (QED) is 0.246. The number of rotatable bonds is 9. The van der Waals surface area contributed by atoms with E-state index in [-0.39, 0.29) is 5.56 Å². The fourth-order valence-corrected chi connectivity index (χ4v) is 4.83. The molecule has 1 saturated heterocycles. The number of hydrogen-bond acceptors (Lipinski definition) is 8. The Bertz CT molecular complexity index is 1530. The number of carbonyl (C=O) groups is 1. The normalized spacial score (nSPS) is 15.8. The molecule has 1 saturated carbocycles. The van der Waals surface area contributed by atoms with Gasteiger partial charge in [-0.2, -0.15) is 10.1 Å². The van der Waals surface area contributed by atoms with E-state index in [2.05, 4.69) is 45.3 Å². The first-order chi connectivity index (χ1) is 20.3. The zero-order chi connectivity index (χ0) is 29.1. The van der Waals surface area contributed by atoms with Gasteiger partial charge in [0.25, 0.3) is 5.91 Å². The number of amides is 1. The lowest BCUT2D eigenvalue weighted by Gasteiger charge is -2.34. The Balaban J connectivity index is 0.996. The average molecular weight is 579 g/mol. The lowest BCUT2D eigenvalue weighted by atomic mass is 10.1. The van der Waals surface area contributed by atoms with Crippen molar-refractivity contribution in [3.8, 4) is 5.75 Å². The van der Waals surface area contributed by atoms with E-state index in [9.17, 15) is 18.0 Å². The van der Waals surface area contributed by atoms with Crippen molar-refractivity contribution in [1.82, 2.24) is 25.1 Å². The molecule has 10 nitrogen and oxygen atoms in total. The van der Waals surface area contributed by atoms with Crippen molar-refractivity contribution in [2.75, 3.05) is 41.7 Å². The first-order valence-electron chi connectivity index (χ1n) is 13.7. The van der Waals surface area contributed by atoms with E-state index in [1.807, 2.05) is 24.3 Å². The van der Waals surface area contributed by atoms with Crippen LogP contribution < -0.4 is 20.3 Å². The minimum Gasteiger partial charge on any atom is -0.405 e. The minimum atomic E-state index is -4.89. The Labute approximate surface area is 239 Å². The van der Waals surface area contributed by atoms with E-state index >= 15 is 0 Å². The number of nitrogens with one attached hydrogen (secondary N) is 3. The molecule has 3 N–H and O–H groups in total. The van der Waals surface area contributed by atoms with E-state index < -0.39 is 18.0 Å². The van der Waals surface area contributed by atoms with Crippen LogP contribution in [-0.2, 0) is 6.54 Å². The van der Waals surface area contributed by atoms with Crippen LogP contribution in [0.2, 0.25) is 0 Å². The summed E-state index contributed by atoms with van der Waals surface area (Å²) in [7, 11) is 0. The Kier molecular flexibility index (Phi) is 7.66. The van der Waals surface area contributed by atoms with Crippen LogP contribution in [0.3, 0.4) is 0 Å². The van der Waals surface area contributed by atoms with Gasteiger partial charge in [-0.05, 0) is 48.7 Å². The molecule has 218 valence electrons. The van der Waals surface area contributed by atoms with Gasteiger partial charge in [-0.15, -0.1) is 13.2 Å². The molecule has 13 heteroatoms. The van der Waals surface area contributed by atoms with Crippen LogP contribution in [0.15, 0.2) is 66.9 Å². The molecular weight excluding hydrogens is 549 g/mol. The third kappa shape index (κ3) is 6.97. The van der Waals surface area contributed by atoms with Crippen LogP contribution in [0, 0.1) is 0 Å². The van der Waals surface area contributed by atoms with Gasteiger partial charge in [-0.1, -0.05) is 24.3 Å². The highest BCUT2D eigenvalue weighted by Gasteiger charge is 2.33. The zero-order valence-corrected chi connectivity index (χ0v) is 22.6. The van der Waals surface area contributed by atoms with Gasteiger partial charge in [-0.25, -0.2) is 4.98 Å². The predicted molar refractivity (Wildman–Crippen MR) is 151 cm³/mol. The van der Waals surface area contributed by atoms with Gasteiger partial charge in [0.1, 0.15) is 11.6 Å². The maximum atomic E-state index is 12.7. The summed E-state index contributed by atoms with van der Waals surface area (Å²) < 4.78 is 42.1. The number of alkyl halides is 3. The lowest BCUT2D eigenvalue weighted by Crippen LogP contribution is -2.46. The topological polar surface area (TPSA) is 111 Å². The first kappa shape index (κ1) is 27.5. The Hall–Kier alpha value is -4.65. The second-order valence-corrected chi connectivity index (χ2v) is 10.3. The molecule has 1 amide bonds. The highest BCUT2D eigenvalue weighted by atomic mass is 19.4. The highest BCUT2D eigenvalue weighted by Crippen LogP contribution is 2.39. The number of halogens is 3. The molecule has 3 heterocycles. The summed E-state index contributed by atoms with van der Waals surface area (Å²) in [5, 5.41) is 13.3. The molecule has 0 unspecified atom stereocenters. The summed E-state index contributed by atoms with van der Waals surface area (Å²) >= 11 is 0. The largest absolute Gasteiger partial charge is 0.573 e. The number of carbonyl (C=O) groups excluding carboxylic acids is 1. The van der Waals surface area contributed by atoms with E-state index in [0.717, 1.165) is 55.9 Å². The van der Waals surface area contributed by atoms with Gasteiger partial charge in [0, 0.05) is 62.3 Å². The maximum Gasteiger partial charge on any atom is 0.573 e. The van der Waals surface area contributed by atoms with Gasteiger partial charge >= 0.3 is 6.36 Å². The molecule has 0 radical (unpaired) electrons. The number of hydrogen-bond donors (Lipinski definition) is 3. The molecule has 2 aromatic carbocycles. The molecule has 42 heavy (non-hydrogen) atoms. The van der Waals surface area contributed by atoms with Gasteiger partial charge in [0.05, 0.1) is 5.56 Å². The number of piperazine rings is 1. The fourth-order valence-electron chi connectivity index (χ4n) is 4.83. The Morgan fingerprint density at radius 3 is 2.50 bits per heavy atom.